The molecule has 3 rings (SSSR count). The van der Waals surface area contributed by atoms with Crippen LogP contribution in [-0.2, 0) is 4.74 Å². The Labute approximate surface area is 66.5 Å². The molecule has 3 fully saturated rings. The van der Waals surface area contributed by atoms with E-state index in [9.17, 15) is 5.11 Å². The van der Waals surface area contributed by atoms with Crippen molar-refractivity contribution in [3.63, 3.8) is 0 Å². The van der Waals surface area contributed by atoms with Crippen LogP contribution < -0.4 is 0 Å². The van der Waals surface area contributed by atoms with Crippen LogP contribution in [0.3, 0.4) is 0 Å². The van der Waals surface area contributed by atoms with Crippen LogP contribution in [0.5, 0.6) is 0 Å². The fraction of sp³-hybridized carbons (Fsp3) is 1.00. The van der Waals surface area contributed by atoms with Crippen LogP contribution in [-0.4, -0.2) is 17.5 Å². The van der Waals surface area contributed by atoms with Crippen molar-refractivity contribution in [1.82, 2.24) is 0 Å². The zero-order valence-corrected chi connectivity index (χ0v) is 6.79. The van der Waals surface area contributed by atoms with Gasteiger partial charge in [-0.05, 0) is 30.6 Å². The number of ether oxygens (including phenoxy) is 1. The molecule has 3 aliphatic rings. The van der Waals surface area contributed by atoms with Crippen molar-refractivity contribution in [3.05, 3.63) is 0 Å². The third-order valence-corrected chi connectivity index (χ3v) is 4.01. The number of aliphatic hydroxyl groups is 1. The van der Waals surface area contributed by atoms with Gasteiger partial charge in [-0.15, -0.1) is 0 Å². The summed E-state index contributed by atoms with van der Waals surface area (Å²) in [6.45, 7) is 2.30. The highest BCUT2D eigenvalue weighted by Gasteiger charge is 2.63. The van der Waals surface area contributed by atoms with Crippen molar-refractivity contribution in [2.45, 2.75) is 38.6 Å². The number of rotatable bonds is 0. The van der Waals surface area contributed by atoms with Gasteiger partial charge in [-0.25, -0.2) is 0 Å². The molecule has 0 aromatic carbocycles. The predicted octanol–water partition coefficient (Wildman–Crippen LogP) is 1.14. The molecule has 0 amide bonds. The molecule has 0 spiro atoms. The molecular formula is C9H14O2. The van der Waals surface area contributed by atoms with Gasteiger partial charge < -0.3 is 9.84 Å². The molecule has 1 saturated heterocycles. The Hall–Kier alpha value is -0.0800. The quantitative estimate of drug-likeness (QED) is 0.567. The first-order valence-corrected chi connectivity index (χ1v) is 4.54. The van der Waals surface area contributed by atoms with E-state index in [-0.39, 0.29) is 0 Å². The largest absolute Gasteiger partial charge is 0.368 e. The number of fused-ring (bicyclic) bond motifs is 4. The van der Waals surface area contributed by atoms with Crippen LogP contribution in [0.4, 0.5) is 0 Å². The van der Waals surface area contributed by atoms with Crippen LogP contribution in [0, 0.1) is 17.3 Å². The smallest absolute Gasteiger partial charge is 0.157 e. The average molecular weight is 154 g/mol. The molecule has 62 valence electrons. The van der Waals surface area contributed by atoms with E-state index in [1.165, 1.54) is 12.8 Å². The SMILES string of the molecule is CC12CC1CC1CC2OC1O. The van der Waals surface area contributed by atoms with Gasteiger partial charge in [0.25, 0.3) is 0 Å². The molecular weight excluding hydrogens is 140 g/mol. The zero-order chi connectivity index (χ0) is 7.64. The van der Waals surface area contributed by atoms with Gasteiger partial charge in [0.05, 0.1) is 6.10 Å². The average Bonchev–Trinajstić information content (AvgIpc) is 2.49. The number of hydrogen-bond acceptors (Lipinski definition) is 2. The third kappa shape index (κ3) is 0.651. The van der Waals surface area contributed by atoms with Gasteiger partial charge >= 0.3 is 0 Å². The molecule has 2 saturated carbocycles. The molecule has 1 N–H and O–H groups in total. The van der Waals surface area contributed by atoms with Gasteiger partial charge in [0.1, 0.15) is 0 Å². The second-order valence-electron chi connectivity index (χ2n) is 4.65. The Kier molecular flexibility index (Phi) is 0.961. The minimum Gasteiger partial charge on any atom is -0.368 e. The first-order valence-electron chi connectivity index (χ1n) is 4.54. The molecule has 0 aromatic heterocycles. The molecule has 2 bridgehead atoms. The molecule has 5 atom stereocenters. The normalized spacial score (nSPS) is 66.0. The first kappa shape index (κ1) is 6.44. The topological polar surface area (TPSA) is 29.5 Å². The van der Waals surface area contributed by atoms with E-state index in [0.29, 0.717) is 17.4 Å². The summed E-state index contributed by atoms with van der Waals surface area (Å²) in [5.74, 6) is 1.32. The zero-order valence-electron chi connectivity index (χ0n) is 6.79. The highest BCUT2D eigenvalue weighted by molar-refractivity contribution is 5.11. The maximum absolute atomic E-state index is 9.43. The van der Waals surface area contributed by atoms with Crippen molar-refractivity contribution in [3.8, 4) is 0 Å². The fourth-order valence-electron chi connectivity index (χ4n) is 2.95. The van der Waals surface area contributed by atoms with Gasteiger partial charge in [0.2, 0.25) is 0 Å². The standard InChI is InChI=1S/C9H14O2/c1-9-4-6(9)2-5-3-7(9)11-8(5)10/h5-8,10H,2-4H2,1H3. The third-order valence-electron chi connectivity index (χ3n) is 4.01. The van der Waals surface area contributed by atoms with E-state index in [1.54, 1.807) is 0 Å². The molecule has 0 aromatic rings. The summed E-state index contributed by atoms with van der Waals surface area (Å²) in [7, 11) is 0. The van der Waals surface area contributed by atoms with Crippen LogP contribution in [0.15, 0.2) is 0 Å². The van der Waals surface area contributed by atoms with Crippen LogP contribution in [0.25, 0.3) is 0 Å². The van der Waals surface area contributed by atoms with Crippen LogP contribution >= 0.6 is 0 Å². The summed E-state index contributed by atoms with van der Waals surface area (Å²) in [6, 6.07) is 0. The predicted molar refractivity (Wildman–Crippen MR) is 39.8 cm³/mol. The monoisotopic (exact) mass is 154 g/mol. The Morgan fingerprint density at radius 3 is 3.09 bits per heavy atom. The summed E-state index contributed by atoms with van der Waals surface area (Å²) in [5.41, 5.74) is 0.452. The lowest BCUT2D eigenvalue weighted by Gasteiger charge is -2.22. The van der Waals surface area contributed by atoms with Crippen molar-refractivity contribution >= 4 is 0 Å². The lowest BCUT2D eigenvalue weighted by molar-refractivity contribution is -0.115. The summed E-state index contributed by atoms with van der Waals surface area (Å²) >= 11 is 0. The molecule has 2 aliphatic carbocycles. The van der Waals surface area contributed by atoms with E-state index in [0.717, 1.165) is 12.3 Å². The molecule has 2 nitrogen and oxygen atoms in total. The number of aliphatic hydroxyl groups excluding tert-OH is 1. The molecule has 2 heteroatoms. The van der Waals surface area contributed by atoms with Crippen LogP contribution in [0.1, 0.15) is 26.2 Å². The van der Waals surface area contributed by atoms with Gasteiger partial charge in [-0.2, -0.15) is 0 Å². The molecule has 0 radical (unpaired) electrons. The van der Waals surface area contributed by atoms with Gasteiger partial charge in [0.15, 0.2) is 6.29 Å². The summed E-state index contributed by atoms with van der Waals surface area (Å²) in [5, 5.41) is 9.43. The summed E-state index contributed by atoms with van der Waals surface area (Å²) in [6.07, 6.45) is 3.58. The highest BCUT2D eigenvalue weighted by Crippen LogP contribution is 2.65. The Morgan fingerprint density at radius 1 is 1.45 bits per heavy atom. The minimum atomic E-state index is -0.440. The van der Waals surface area contributed by atoms with E-state index in [4.69, 9.17) is 4.74 Å². The molecule has 5 unspecified atom stereocenters. The maximum Gasteiger partial charge on any atom is 0.157 e. The maximum atomic E-state index is 9.43. The van der Waals surface area contributed by atoms with Gasteiger partial charge in [-0.1, -0.05) is 6.92 Å². The Bertz CT molecular complexity index is 200. The van der Waals surface area contributed by atoms with Crippen molar-refractivity contribution in [2.75, 3.05) is 0 Å². The lowest BCUT2D eigenvalue weighted by Crippen LogP contribution is -2.23. The molecule has 11 heavy (non-hydrogen) atoms. The second kappa shape index (κ2) is 1.64. The number of hydrogen-bond donors (Lipinski definition) is 1. The molecule has 1 heterocycles. The minimum absolute atomic E-state index is 0.376. The Morgan fingerprint density at radius 2 is 2.27 bits per heavy atom. The highest BCUT2D eigenvalue weighted by atomic mass is 16.6. The summed E-state index contributed by atoms with van der Waals surface area (Å²) in [4.78, 5) is 0. The van der Waals surface area contributed by atoms with Gasteiger partial charge in [0, 0.05) is 5.92 Å². The second-order valence-corrected chi connectivity index (χ2v) is 4.65. The molecule has 1 aliphatic heterocycles. The van der Waals surface area contributed by atoms with Crippen molar-refractivity contribution in [1.29, 1.82) is 0 Å². The van der Waals surface area contributed by atoms with E-state index < -0.39 is 6.29 Å². The fourth-order valence-corrected chi connectivity index (χ4v) is 2.95. The van der Waals surface area contributed by atoms with Crippen molar-refractivity contribution < 1.29 is 9.84 Å². The lowest BCUT2D eigenvalue weighted by atomic mass is 9.83. The Balaban J connectivity index is 1.92. The summed E-state index contributed by atoms with van der Waals surface area (Å²) < 4.78 is 5.50. The van der Waals surface area contributed by atoms with Crippen molar-refractivity contribution in [2.24, 2.45) is 17.3 Å². The van der Waals surface area contributed by atoms with E-state index >= 15 is 0 Å². The van der Waals surface area contributed by atoms with Gasteiger partial charge in [-0.3, -0.25) is 0 Å². The van der Waals surface area contributed by atoms with Crippen LogP contribution in [0.2, 0.25) is 0 Å². The van der Waals surface area contributed by atoms with E-state index in [1.807, 2.05) is 0 Å². The van der Waals surface area contributed by atoms with E-state index in [2.05, 4.69) is 6.92 Å². The first-order chi connectivity index (χ1) is 5.20.